The standard InChI is InChI=1S/C14H19BrFNO/c15-13-5-4-12(14(16)6-13)9-18-8-11-3-1-2-10(11)7-17/h4-6,10-11H,1-3,7-9,17H2. The molecule has 2 rings (SSSR count). The smallest absolute Gasteiger partial charge is 0.129 e. The van der Waals surface area contributed by atoms with Crippen molar-refractivity contribution in [2.45, 2.75) is 25.9 Å². The van der Waals surface area contributed by atoms with Crippen molar-refractivity contribution in [1.82, 2.24) is 0 Å². The number of benzene rings is 1. The maximum Gasteiger partial charge on any atom is 0.129 e. The van der Waals surface area contributed by atoms with Gasteiger partial charge >= 0.3 is 0 Å². The molecule has 0 radical (unpaired) electrons. The Hall–Kier alpha value is -0.450. The molecule has 2 atom stereocenters. The molecular formula is C14H19BrFNO. The fourth-order valence-corrected chi connectivity index (χ4v) is 2.94. The first-order chi connectivity index (χ1) is 8.70. The molecule has 4 heteroatoms. The average Bonchev–Trinajstić information content (AvgIpc) is 2.79. The summed E-state index contributed by atoms with van der Waals surface area (Å²) in [5.74, 6) is 0.916. The second-order valence-electron chi connectivity index (χ2n) is 4.94. The van der Waals surface area contributed by atoms with E-state index in [4.69, 9.17) is 10.5 Å². The van der Waals surface area contributed by atoms with Gasteiger partial charge in [-0.1, -0.05) is 28.4 Å². The van der Waals surface area contributed by atoms with Crippen LogP contribution in [-0.4, -0.2) is 13.2 Å². The van der Waals surface area contributed by atoms with E-state index in [-0.39, 0.29) is 5.82 Å². The van der Waals surface area contributed by atoms with Gasteiger partial charge in [-0.05, 0) is 43.4 Å². The van der Waals surface area contributed by atoms with Crippen LogP contribution in [0.5, 0.6) is 0 Å². The van der Waals surface area contributed by atoms with Crippen LogP contribution in [0.4, 0.5) is 4.39 Å². The highest BCUT2D eigenvalue weighted by molar-refractivity contribution is 9.10. The summed E-state index contributed by atoms with van der Waals surface area (Å²) in [6.45, 7) is 1.77. The van der Waals surface area contributed by atoms with Gasteiger partial charge in [-0.2, -0.15) is 0 Å². The van der Waals surface area contributed by atoms with Crippen LogP contribution in [0, 0.1) is 17.7 Å². The van der Waals surface area contributed by atoms with E-state index in [1.807, 2.05) is 6.07 Å². The maximum atomic E-state index is 13.6. The molecule has 1 aliphatic carbocycles. The van der Waals surface area contributed by atoms with Crippen molar-refractivity contribution in [3.8, 4) is 0 Å². The Morgan fingerprint density at radius 1 is 1.33 bits per heavy atom. The molecule has 0 heterocycles. The zero-order valence-corrected chi connectivity index (χ0v) is 12.0. The molecule has 2 nitrogen and oxygen atoms in total. The molecule has 0 amide bonds. The number of rotatable bonds is 5. The Labute approximate surface area is 116 Å². The van der Waals surface area contributed by atoms with Crippen molar-refractivity contribution in [1.29, 1.82) is 0 Å². The van der Waals surface area contributed by atoms with Gasteiger partial charge in [-0.25, -0.2) is 4.39 Å². The molecule has 0 spiro atoms. The molecular weight excluding hydrogens is 297 g/mol. The molecule has 0 aromatic heterocycles. The largest absolute Gasteiger partial charge is 0.376 e. The molecule has 1 aliphatic rings. The number of nitrogens with two attached hydrogens (primary N) is 1. The molecule has 18 heavy (non-hydrogen) atoms. The van der Waals surface area contributed by atoms with E-state index in [1.165, 1.54) is 25.3 Å². The number of hydrogen-bond acceptors (Lipinski definition) is 2. The van der Waals surface area contributed by atoms with Crippen LogP contribution in [0.2, 0.25) is 0 Å². The van der Waals surface area contributed by atoms with Crippen LogP contribution in [-0.2, 0) is 11.3 Å². The Bertz CT molecular complexity index is 399. The van der Waals surface area contributed by atoms with Gasteiger partial charge in [-0.3, -0.25) is 0 Å². The molecule has 1 fully saturated rings. The maximum absolute atomic E-state index is 13.6. The Morgan fingerprint density at radius 2 is 2.11 bits per heavy atom. The van der Waals surface area contributed by atoms with Crippen molar-refractivity contribution in [3.05, 3.63) is 34.1 Å². The third-order valence-electron chi connectivity index (χ3n) is 3.72. The van der Waals surface area contributed by atoms with E-state index in [1.54, 1.807) is 6.07 Å². The van der Waals surface area contributed by atoms with Gasteiger partial charge in [-0.15, -0.1) is 0 Å². The van der Waals surface area contributed by atoms with Gasteiger partial charge in [0.25, 0.3) is 0 Å². The zero-order valence-electron chi connectivity index (χ0n) is 10.4. The Balaban J connectivity index is 1.81. The summed E-state index contributed by atoms with van der Waals surface area (Å²) in [4.78, 5) is 0. The summed E-state index contributed by atoms with van der Waals surface area (Å²) in [7, 11) is 0. The normalized spacial score (nSPS) is 23.5. The van der Waals surface area contributed by atoms with Gasteiger partial charge < -0.3 is 10.5 Å². The van der Waals surface area contributed by atoms with Gasteiger partial charge in [0, 0.05) is 10.0 Å². The van der Waals surface area contributed by atoms with Crippen LogP contribution in [0.1, 0.15) is 24.8 Å². The average molecular weight is 316 g/mol. The molecule has 2 N–H and O–H groups in total. The van der Waals surface area contributed by atoms with Crippen LogP contribution >= 0.6 is 15.9 Å². The molecule has 0 bridgehead atoms. The lowest BCUT2D eigenvalue weighted by molar-refractivity contribution is 0.0737. The summed E-state index contributed by atoms with van der Waals surface area (Å²) in [6.07, 6.45) is 3.63. The lowest BCUT2D eigenvalue weighted by atomic mass is 9.97. The van der Waals surface area contributed by atoms with Gasteiger partial charge in [0.1, 0.15) is 5.82 Å². The fraction of sp³-hybridized carbons (Fsp3) is 0.571. The van der Waals surface area contributed by atoms with Crippen molar-refractivity contribution in [2.75, 3.05) is 13.2 Å². The number of hydrogen-bond donors (Lipinski definition) is 1. The van der Waals surface area contributed by atoms with E-state index in [0.29, 0.717) is 30.6 Å². The van der Waals surface area contributed by atoms with Gasteiger partial charge in [0.15, 0.2) is 0 Å². The summed E-state index contributed by atoms with van der Waals surface area (Å²) in [5, 5.41) is 0. The first-order valence-electron chi connectivity index (χ1n) is 6.42. The van der Waals surface area contributed by atoms with Crippen molar-refractivity contribution in [2.24, 2.45) is 17.6 Å². The first kappa shape index (κ1) is 14.0. The quantitative estimate of drug-likeness (QED) is 0.902. The van der Waals surface area contributed by atoms with E-state index in [0.717, 1.165) is 11.0 Å². The second-order valence-corrected chi connectivity index (χ2v) is 5.85. The van der Waals surface area contributed by atoms with Crippen LogP contribution in [0.25, 0.3) is 0 Å². The van der Waals surface area contributed by atoms with Gasteiger partial charge in [0.2, 0.25) is 0 Å². The molecule has 0 aliphatic heterocycles. The molecule has 1 saturated carbocycles. The van der Waals surface area contributed by atoms with Crippen LogP contribution in [0.15, 0.2) is 22.7 Å². The third-order valence-corrected chi connectivity index (χ3v) is 4.22. The van der Waals surface area contributed by atoms with E-state index in [9.17, 15) is 4.39 Å². The molecule has 2 unspecified atom stereocenters. The van der Waals surface area contributed by atoms with Crippen LogP contribution in [0.3, 0.4) is 0 Å². The Morgan fingerprint density at radius 3 is 2.83 bits per heavy atom. The minimum atomic E-state index is -0.217. The summed E-state index contributed by atoms with van der Waals surface area (Å²) in [6, 6.07) is 5.06. The van der Waals surface area contributed by atoms with Crippen LogP contribution < -0.4 is 5.73 Å². The molecule has 1 aromatic rings. The molecule has 100 valence electrons. The monoisotopic (exact) mass is 315 g/mol. The number of halogens is 2. The highest BCUT2D eigenvalue weighted by Gasteiger charge is 2.25. The predicted octanol–water partition coefficient (Wildman–Crippen LogP) is 3.48. The SMILES string of the molecule is NCC1CCCC1COCc1ccc(Br)cc1F. The minimum absolute atomic E-state index is 0.217. The first-order valence-corrected chi connectivity index (χ1v) is 7.21. The second kappa shape index (κ2) is 6.64. The lowest BCUT2D eigenvalue weighted by Crippen LogP contribution is -2.22. The predicted molar refractivity (Wildman–Crippen MR) is 73.6 cm³/mol. The third kappa shape index (κ3) is 3.53. The highest BCUT2D eigenvalue weighted by Crippen LogP contribution is 2.31. The van der Waals surface area contributed by atoms with Crippen molar-refractivity contribution in [3.63, 3.8) is 0 Å². The summed E-state index contributed by atoms with van der Waals surface area (Å²) >= 11 is 3.24. The molecule has 0 saturated heterocycles. The topological polar surface area (TPSA) is 35.2 Å². The summed E-state index contributed by atoms with van der Waals surface area (Å²) in [5.41, 5.74) is 6.34. The fourth-order valence-electron chi connectivity index (χ4n) is 2.60. The van der Waals surface area contributed by atoms with Crippen molar-refractivity contribution >= 4 is 15.9 Å². The lowest BCUT2D eigenvalue weighted by Gasteiger charge is -2.17. The zero-order chi connectivity index (χ0) is 13.0. The van der Waals surface area contributed by atoms with E-state index < -0.39 is 0 Å². The minimum Gasteiger partial charge on any atom is -0.376 e. The Kier molecular flexibility index (Phi) is 5.15. The number of ether oxygens (including phenoxy) is 1. The summed E-state index contributed by atoms with van der Waals surface area (Å²) < 4.78 is 20.0. The molecule has 1 aromatic carbocycles. The van der Waals surface area contributed by atoms with Gasteiger partial charge in [0.05, 0.1) is 13.2 Å². The van der Waals surface area contributed by atoms with Crippen molar-refractivity contribution < 1.29 is 9.13 Å². The van der Waals surface area contributed by atoms with E-state index >= 15 is 0 Å². The van der Waals surface area contributed by atoms with E-state index in [2.05, 4.69) is 15.9 Å². The highest BCUT2D eigenvalue weighted by atomic mass is 79.9.